The second-order valence-electron chi connectivity index (χ2n) is 4.97. The molecule has 2 atom stereocenters. The van der Waals surface area contributed by atoms with Gasteiger partial charge in [0.15, 0.2) is 0 Å². The van der Waals surface area contributed by atoms with Gasteiger partial charge in [0.05, 0.1) is 11.6 Å². The van der Waals surface area contributed by atoms with Crippen molar-refractivity contribution in [2.24, 2.45) is 11.8 Å². The average molecular weight is 200 g/mol. The standard InChI is InChI=1S/C11H24N2O/c1-9(2)8-10(13-12)11(3)6-4-5-7-14-11/h9-10,13H,4-8,12H2,1-3H3. The quantitative estimate of drug-likeness (QED) is 0.537. The summed E-state index contributed by atoms with van der Waals surface area (Å²) >= 11 is 0. The Bertz CT molecular complexity index is 165. The van der Waals surface area contributed by atoms with E-state index in [1.165, 1.54) is 12.8 Å². The predicted octanol–water partition coefficient (Wildman–Crippen LogP) is 1.82. The van der Waals surface area contributed by atoms with Crippen LogP contribution in [0.2, 0.25) is 0 Å². The Morgan fingerprint density at radius 2 is 2.14 bits per heavy atom. The average Bonchev–Trinajstić information content (AvgIpc) is 2.15. The largest absolute Gasteiger partial charge is 0.374 e. The predicted molar refractivity (Wildman–Crippen MR) is 58.8 cm³/mol. The Hall–Kier alpha value is -0.120. The number of hydrazine groups is 1. The molecule has 14 heavy (non-hydrogen) atoms. The normalized spacial score (nSPS) is 30.6. The Balaban J connectivity index is 2.55. The van der Waals surface area contributed by atoms with Crippen LogP contribution in [-0.4, -0.2) is 18.2 Å². The maximum atomic E-state index is 5.88. The minimum Gasteiger partial charge on any atom is -0.374 e. The molecule has 84 valence electrons. The highest BCUT2D eigenvalue weighted by molar-refractivity contribution is 4.90. The molecule has 0 aromatic carbocycles. The topological polar surface area (TPSA) is 47.3 Å². The fourth-order valence-corrected chi connectivity index (χ4v) is 2.20. The lowest BCUT2D eigenvalue weighted by Crippen LogP contribution is -2.55. The van der Waals surface area contributed by atoms with Crippen molar-refractivity contribution in [1.29, 1.82) is 0 Å². The van der Waals surface area contributed by atoms with Crippen molar-refractivity contribution in [3.63, 3.8) is 0 Å². The molecule has 0 aromatic heterocycles. The summed E-state index contributed by atoms with van der Waals surface area (Å²) in [6.07, 6.45) is 4.64. The highest BCUT2D eigenvalue weighted by atomic mass is 16.5. The van der Waals surface area contributed by atoms with Crippen LogP contribution in [0, 0.1) is 5.92 Å². The molecule has 1 aliphatic heterocycles. The van der Waals surface area contributed by atoms with Crippen molar-refractivity contribution in [3.05, 3.63) is 0 Å². The van der Waals surface area contributed by atoms with Crippen LogP contribution in [0.25, 0.3) is 0 Å². The van der Waals surface area contributed by atoms with Crippen molar-refractivity contribution in [1.82, 2.24) is 5.43 Å². The van der Waals surface area contributed by atoms with Crippen molar-refractivity contribution < 1.29 is 4.74 Å². The molecule has 2 unspecified atom stereocenters. The first-order valence-corrected chi connectivity index (χ1v) is 5.68. The van der Waals surface area contributed by atoms with Crippen molar-refractivity contribution in [2.75, 3.05) is 6.61 Å². The summed E-state index contributed by atoms with van der Waals surface area (Å²) in [5, 5.41) is 0. The molecule has 0 spiro atoms. The third-order valence-corrected chi connectivity index (χ3v) is 3.14. The molecule has 3 nitrogen and oxygen atoms in total. The van der Waals surface area contributed by atoms with Crippen LogP contribution in [0.4, 0.5) is 0 Å². The van der Waals surface area contributed by atoms with Crippen LogP contribution in [0.5, 0.6) is 0 Å². The van der Waals surface area contributed by atoms with Gasteiger partial charge in [-0.05, 0) is 38.5 Å². The van der Waals surface area contributed by atoms with Gasteiger partial charge in [-0.2, -0.15) is 0 Å². The maximum Gasteiger partial charge on any atom is 0.0820 e. The Labute approximate surface area is 87.4 Å². The molecule has 0 aromatic rings. The lowest BCUT2D eigenvalue weighted by molar-refractivity contribution is -0.0921. The van der Waals surface area contributed by atoms with Gasteiger partial charge in [0, 0.05) is 6.61 Å². The summed E-state index contributed by atoms with van der Waals surface area (Å²) < 4.78 is 5.88. The molecular weight excluding hydrogens is 176 g/mol. The van der Waals surface area contributed by atoms with E-state index in [0.717, 1.165) is 19.4 Å². The van der Waals surface area contributed by atoms with E-state index in [1.807, 2.05) is 0 Å². The van der Waals surface area contributed by atoms with Crippen LogP contribution in [0.15, 0.2) is 0 Å². The fourth-order valence-electron chi connectivity index (χ4n) is 2.20. The second-order valence-corrected chi connectivity index (χ2v) is 4.97. The van der Waals surface area contributed by atoms with Gasteiger partial charge in [0.2, 0.25) is 0 Å². The van der Waals surface area contributed by atoms with Gasteiger partial charge in [-0.1, -0.05) is 13.8 Å². The minimum absolute atomic E-state index is 0.0583. The summed E-state index contributed by atoms with van der Waals surface area (Å²) in [4.78, 5) is 0. The zero-order chi connectivity index (χ0) is 10.6. The van der Waals surface area contributed by atoms with Gasteiger partial charge in [0.1, 0.15) is 0 Å². The first kappa shape index (κ1) is 12.0. The molecule has 1 saturated heterocycles. The second kappa shape index (κ2) is 5.10. The monoisotopic (exact) mass is 200 g/mol. The molecule has 0 bridgehead atoms. The van der Waals surface area contributed by atoms with Gasteiger partial charge >= 0.3 is 0 Å². The zero-order valence-corrected chi connectivity index (χ0v) is 9.68. The molecule has 1 heterocycles. The van der Waals surface area contributed by atoms with Gasteiger partial charge in [-0.25, -0.2) is 0 Å². The van der Waals surface area contributed by atoms with E-state index in [2.05, 4.69) is 26.2 Å². The van der Waals surface area contributed by atoms with E-state index >= 15 is 0 Å². The highest BCUT2D eigenvalue weighted by Gasteiger charge is 2.36. The molecule has 3 N–H and O–H groups in total. The van der Waals surface area contributed by atoms with Crippen LogP contribution in [0.1, 0.15) is 46.5 Å². The molecule has 0 aliphatic carbocycles. The van der Waals surface area contributed by atoms with E-state index < -0.39 is 0 Å². The molecular formula is C11H24N2O. The summed E-state index contributed by atoms with van der Waals surface area (Å²) in [5.74, 6) is 6.26. The summed E-state index contributed by atoms with van der Waals surface area (Å²) in [5.41, 5.74) is 2.86. The van der Waals surface area contributed by atoms with E-state index in [9.17, 15) is 0 Å². The van der Waals surface area contributed by atoms with Crippen molar-refractivity contribution in [2.45, 2.75) is 58.1 Å². The Morgan fingerprint density at radius 1 is 1.43 bits per heavy atom. The maximum absolute atomic E-state index is 5.88. The minimum atomic E-state index is -0.0583. The Kier molecular flexibility index (Phi) is 4.35. The molecule has 1 rings (SSSR count). The molecule has 1 fully saturated rings. The summed E-state index contributed by atoms with van der Waals surface area (Å²) in [6.45, 7) is 7.50. The number of ether oxygens (including phenoxy) is 1. The molecule has 3 heteroatoms. The highest BCUT2D eigenvalue weighted by Crippen LogP contribution is 2.30. The third kappa shape index (κ3) is 2.94. The molecule has 0 amide bonds. The third-order valence-electron chi connectivity index (χ3n) is 3.14. The van der Waals surface area contributed by atoms with Crippen LogP contribution < -0.4 is 11.3 Å². The van der Waals surface area contributed by atoms with Gasteiger partial charge < -0.3 is 4.74 Å². The van der Waals surface area contributed by atoms with E-state index in [4.69, 9.17) is 10.6 Å². The Morgan fingerprint density at radius 3 is 2.57 bits per heavy atom. The number of nitrogens with one attached hydrogen (secondary N) is 1. The summed E-state index contributed by atoms with van der Waals surface area (Å²) in [6, 6.07) is 0.280. The number of hydrogen-bond donors (Lipinski definition) is 2. The number of nitrogens with two attached hydrogens (primary N) is 1. The molecule has 0 radical (unpaired) electrons. The molecule has 0 saturated carbocycles. The van der Waals surface area contributed by atoms with E-state index in [0.29, 0.717) is 5.92 Å². The van der Waals surface area contributed by atoms with Crippen molar-refractivity contribution in [3.8, 4) is 0 Å². The van der Waals surface area contributed by atoms with Gasteiger partial charge in [-0.3, -0.25) is 11.3 Å². The van der Waals surface area contributed by atoms with Crippen LogP contribution >= 0.6 is 0 Å². The first-order chi connectivity index (χ1) is 6.58. The SMILES string of the molecule is CC(C)CC(NN)C1(C)CCCCO1. The fraction of sp³-hybridized carbons (Fsp3) is 1.00. The van der Waals surface area contributed by atoms with E-state index in [1.54, 1.807) is 0 Å². The molecule has 1 aliphatic rings. The van der Waals surface area contributed by atoms with E-state index in [-0.39, 0.29) is 11.6 Å². The van der Waals surface area contributed by atoms with Gasteiger partial charge in [0.25, 0.3) is 0 Å². The lowest BCUT2D eigenvalue weighted by Gasteiger charge is -2.41. The van der Waals surface area contributed by atoms with Crippen LogP contribution in [-0.2, 0) is 4.74 Å². The number of hydrogen-bond acceptors (Lipinski definition) is 3. The zero-order valence-electron chi connectivity index (χ0n) is 9.68. The number of rotatable bonds is 4. The van der Waals surface area contributed by atoms with Gasteiger partial charge in [-0.15, -0.1) is 0 Å². The first-order valence-electron chi connectivity index (χ1n) is 5.68. The summed E-state index contributed by atoms with van der Waals surface area (Å²) in [7, 11) is 0. The van der Waals surface area contributed by atoms with Crippen molar-refractivity contribution >= 4 is 0 Å². The lowest BCUT2D eigenvalue weighted by atomic mass is 9.84. The smallest absolute Gasteiger partial charge is 0.0820 e. The van der Waals surface area contributed by atoms with Crippen LogP contribution in [0.3, 0.4) is 0 Å².